The Labute approximate surface area is 140 Å². The van der Waals surface area contributed by atoms with Crippen molar-refractivity contribution in [3.8, 4) is 17.0 Å². The second-order valence-corrected chi connectivity index (χ2v) is 6.00. The number of hydrogen-bond acceptors (Lipinski definition) is 5. The van der Waals surface area contributed by atoms with Gasteiger partial charge in [-0.2, -0.15) is 0 Å². The van der Waals surface area contributed by atoms with Gasteiger partial charge in [-0.05, 0) is 24.3 Å². The number of hydrogen-bond donors (Lipinski definition) is 3. The fourth-order valence-electron chi connectivity index (χ4n) is 2.00. The van der Waals surface area contributed by atoms with E-state index in [-0.39, 0.29) is 11.3 Å². The average Bonchev–Trinajstić information content (AvgIpc) is 2.96. The fraction of sp³-hybridized carbons (Fsp3) is 0. The second-order valence-electron chi connectivity index (χ2n) is 4.71. The fourth-order valence-corrected chi connectivity index (χ4v) is 2.86. The maximum absolute atomic E-state index is 10.9. The third-order valence-corrected chi connectivity index (χ3v) is 4.13. The lowest BCUT2D eigenvalue weighted by Gasteiger charge is -2.05. The lowest BCUT2D eigenvalue weighted by Crippen LogP contribution is -1.97. The molecule has 1 heterocycles. The molecule has 0 saturated heterocycles. The van der Waals surface area contributed by atoms with Gasteiger partial charge in [0.2, 0.25) is 0 Å². The number of nitrogens with zero attached hydrogens (tertiary/aromatic N) is 1. The van der Waals surface area contributed by atoms with Crippen LogP contribution in [-0.2, 0) is 0 Å². The molecule has 116 valence electrons. The molecule has 5 nitrogen and oxygen atoms in total. The Morgan fingerprint density at radius 3 is 2.57 bits per heavy atom. The van der Waals surface area contributed by atoms with Gasteiger partial charge >= 0.3 is 5.97 Å². The number of halogens is 1. The van der Waals surface area contributed by atoms with E-state index in [0.717, 1.165) is 11.3 Å². The van der Waals surface area contributed by atoms with E-state index in [2.05, 4.69) is 10.3 Å². The number of nitrogens with one attached hydrogen (secondary N) is 1. The van der Waals surface area contributed by atoms with Crippen LogP contribution in [0.15, 0.2) is 47.8 Å². The van der Waals surface area contributed by atoms with Gasteiger partial charge in [0.15, 0.2) is 5.13 Å². The first kappa shape index (κ1) is 15.3. The zero-order chi connectivity index (χ0) is 16.4. The van der Waals surface area contributed by atoms with Crippen molar-refractivity contribution < 1.29 is 15.0 Å². The van der Waals surface area contributed by atoms with Crippen LogP contribution in [0.3, 0.4) is 0 Å². The number of thiazole rings is 1. The van der Waals surface area contributed by atoms with E-state index in [4.69, 9.17) is 16.7 Å². The maximum atomic E-state index is 10.9. The molecule has 0 saturated carbocycles. The van der Waals surface area contributed by atoms with E-state index in [1.165, 1.54) is 23.5 Å². The monoisotopic (exact) mass is 346 g/mol. The summed E-state index contributed by atoms with van der Waals surface area (Å²) in [5.41, 5.74) is 2.17. The Morgan fingerprint density at radius 1 is 1.17 bits per heavy atom. The molecule has 1 aromatic heterocycles. The van der Waals surface area contributed by atoms with Crippen molar-refractivity contribution in [3.63, 3.8) is 0 Å². The Bertz CT molecular complexity index is 862. The topological polar surface area (TPSA) is 82.5 Å². The van der Waals surface area contributed by atoms with Crippen LogP contribution in [0.1, 0.15) is 10.4 Å². The van der Waals surface area contributed by atoms with Crippen LogP contribution in [0.2, 0.25) is 5.02 Å². The number of carboxylic acids is 1. The van der Waals surface area contributed by atoms with E-state index in [1.54, 1.807) is 18.2 Å². The summed E-state index contributed by atoms with van der Waals surface area (Å²) in [6.07, 6.45) is 0. The molecule has 0 aliphatic carbocycles. The van der Waals surface area contributed by atoms with Gasteiger partial charge in [0.25, 0.3) is 0 Å². The Morgan fingerprint density at radius 2 is 1.91 bits per heavy atom. The van der Waals surface area contributed by atoms with Gasteiger partial charge in [0.05, 0.1) is 5.69 Å². The zero-order valence-electron chi connectivity index (χ0n) is 11.7. The van der Waals surface area contributed by atoms with E-state index in [1.807, 2.05) is 17.5 Å². The number of aromatic hydroxyl groups is 1. The normalized spacial score (nSPS) is 10.5. The molecule has 2 aromatic carbocycles. The molecule has 0 atom stereocenters. The van der Waals surface area contributed by atoms with Crippen LogP contribution in [0.5, 0.6) is 5.75 Å². The Balaban J connectivity index is 1.80. The van der Waals surface area contributed by atoms with Crippen molar-refractivity contribution in [1.29, 1.82) is 0 Å². The van der Waals surface area contributed by atoms with Gasteiger partial charge in [-0.25, -0.2) is 9.78 Å². The van der Waals surface area contributed by atoms with E-state index >= 15 is 0 Å². The summed E-state index contributed by atoms with van der Waals surface area (Å²) in [4.78, 5) is 15.3. The minimum Gasteiger partial charge on any atom is -0.507 e. The highest BCUT2D eigenvalue weighted by molar-refractivity contribution is 7.14. The lowest BCUT2D eigenvalue weighted by atomic mass is 10.2. The predicted molar refractivity (Wildman–Crippen MR) is 90.9 cm³/mol. The molecule has 23 heavy (non-hydrogen) atoms. The average molecular weight is 347 g/mol. The number of carboxylic acid groups (broad SMARTS) is 1. The summed E-state index contributed by atoms with van der Waals surface area (Å²) in [6, 6.07) is 11.6. The van der Waals surface area contributed by atoms with Gasteiger partial charge in [0.1, 0.15) is 11.3 Å². The minimum atomic E-state index is -1.17. The molecular formula is C16H11ClN2O3S. The molecule has 0 unspecified atom stereocenters. The van der Waals surface area contributed by atoms with Gasteiger partial charge in [-0.1, -0.05) is 23.7 Å². The number of phenols is 1. The van der Waals surface area contributed by atoms with Crippen molar-refractivity contribution in [1.82, 2.24) is 4.98 Å². The molecule has 3 rings (SSSR count). The maximum Gasteiger partial charge on any atom is 0.339 e. The van der Waals surface area contributed by atoms with Crippen LogP contribution in [0, 0.1) is 0 Å². The van der Waals surface area contributed by atoms with Gasteiger partial charge in [-0.15, -0.1) is 11.3 Å². The minimum absolute atomic E-state index is 0.142. The summed E-state index contributed by atoms with van der Waals surface area (Å²) in [5, 5.41) is 24.8. The highest BCUT2D eigenvalue weighted by Gasteiger charge is 2.11. The standard InChI is InChI=1S/C16H11ClN2O3S/c17-10-3-1-9(2-4-10)13-8-23-16(19-13)18-11-5-6-12(15(21)22)14(20)7-11/h1-8,20H,(H,18,19)(H,21,22). The summed E-state index contributed by atoms with van der Waals surface area (Å²) < 4.78 is 0. The Hall–Kier alpha value is -2.57. The molecule has 0 aliphatic rings. The van der Waals surface area contributed by atoms with E-state index in [0.29, 0.717) is 15.8 Å². The molecule has 0 spiro atoms. The predicted octanol–water partition coefficient (Wildman–Crippen LogP) is 4.61. The number of aromatic nitrogens is 1. The van der Waals surface area contributed by atoms with Crippen LogP contribution < -0.4 is 5.32 Å². The Kier molecular flexibility index (Phi) is 4.18. The number of aromatic carboxylic acids is 1. The number of rotatable bonds is 4. The van der Waals surface area contributed by atoms with Gasteiger partial charge in [0, 0.05) is 27.7 Å². The van der Waals surface area contributed by atoms with Crippen molar-refractivity contribution in [2.75, 3.05) is 5.32 Å². The molecule has 7 heteroatoms. The van der Waals surface area contributed by atoms with E-state index in [9.17, 15) is 9.90 Å². The lowest BCUT2D eigenvalue weighted by molar-refractivity contribution is 0.0694. The molecule has 0 aliphatic heterocycles. The molecule has 0 radical (unpaired) electrons. The SMILES string of the molecule is O=C(O)c1ccc(Nc2nc(-c3ccc(Cl)cc3)cs2)cc1O. The summed E-state index contributed by atoms with van der Waals surface area (Å²) >= 11 is 7.27. The summed E-state index contributed by atoms with van der Waals surface area (Å²) in [6.45, 7) is 0. The highest BCUT2D eigenvalue weighted by Crippen LogP contribution is 2.29. The van der Waals surface area contributed by atoms with Crippen LogP contribution >= 0.6 is 22.9 Å². The second kappa shape index (κ2) is 6.28. The summed E-state index contributed by atoms with van der Waals surface area (Å²) in [7, 11) is 0. The van der Waals surface area contributed by atoms with Crippen LogP contribution in [0.25, 0.3) is 11.3 Å². The van der Waals surface area contributed by atoms with Crippen molar-refractivity contribution >= 4 is 39.7 Å². The van der Waals surface area contributed by atoms with Crippen LogP contribution in [0.4, 0.5) is 10.8 Å². The molecule has 0 fully saturated rings. The third-order valence-electron chi connectivity index (χ3n) is 3.12. The first-order chi connectivity index (χ1) is 11.0. The van der Waals surface area contributed by atoms with E-state index < -0.39 is 5.97 Å². The molecule has 0 amide bonds. The van der Waals surface area contributed by atoms with Crippen molar-refractivity contribution in [2.45, 2.75) is 0 Å². The molecule has 0 bridgehead atoms. The zero-order valence-corrected chi connectivity index (χ0v) is 13.2. The summed E-state index contributed by atoms with van der Waals surface area (Å²) in [5.74, 6) is -1.47. The molecule has 3 aromatic rings. The van der Waals surface area contributed by atoms with Crippen LogP contribution in [-0.4, -0.2) is 21.2 Å². The van der Waals surface area contributed by atoms with Gasteiger partial charge in [-0.3, -0.25) is 0 Å². The number of benzene rings is 2. The largest absolute Gasteiger partial charge is 0.507 e. The molecule has 3 N–H and O–H groups in total. The number of carbonyl (C=O) groups is 1. The first-order valence-corrected chi connectivity index (χ1v) is 7.83. The van der Waals surface area contributed by atoms with Gasteiger partial charge < -0.3 is 15.5 Å². The first-order valence-electron chi connectivity index (χ1n) is 6.58. The third kappa shape index (κ3) is 3.44. The van der Waals surface area contributed by atoms with Crippen molar-refractivity contribution in [3.05, 3.63) is 58.4 Å². The smallest absolute Gasteiger partial charge is 0.339 e. The van der Waals surface area contributed by atoms with Crippen molar-refractivity contribution in [2.24, 2.45) is 0 Å². The number of anilines is 2. The quantitative estimate of drug-likeness (QED) is 0.642. The molecular weight excluding hydrogens is 336 g/mol. The highest BCUT2D eigenvalue weighted by atomic mass is 35.5.